The Morgan fingerprint density at radius 2 is 1.89 bits per heavy atom. The molecule has 2 aromatic carbocycles. The van der Waals surface area contributed by atoms with E-state index in [1.165, 1.54) is 16.9 Å². The molecular weight excluding hydrogens is 360 g/mol. The van der Waals surface area contributed by atoms with Crippen molar-refractivity contribution in [1.82, 2.24) is 15.4 Å². The minimum Gasteiger partial charge on any atom is -0.356 e. The Morgan fingerprint density at radius 1 is 1.11 bits per heavy atom. The third-order valence-electron chi connectivity index (χ3n) is 4.28. The van der Waals surface area contributed by atoms with Crippen molar-refractivity contribution in [3.63, 3.8) is 0 Å². The Labute approximate surface area is 160 Å². The van der Waals surface area contributed by atoms with Crippen LogP contribution in [0.3, 0.4) is 0 Å². The van der Waals surface area contributed by atoms with E-state index in [2.05, 4.69) is 46.7 Å². The Kier molecular flexibility index (Phi) is 4.68. The fourth-order valence-electron chi connectivity index (χ4n) is 2.78. The average molecular weight is 378 g/mol. The molecule has 0 saturated carbocycles. The molecule has 6 nitrogen and oxygen atoms in total. The lowest BCUT2D eigenvalue weighted by Crippen LogP contribution is -2.14. The standard InChI is InChI=1S/C20H18N4O2S/c1-12(2)13-7-9-14(10-8-13)19-22-23-20(27-19)21-18(25)11-16-15-5-3-4-6-17(15)26-24-16/h3-10,12H,11H2,1-2H3,(H,21,23,25). The number of hydrogen-bond acceptors (Lipinski definition) is 6. The first-order valence-electron chi connectivity index (χ1n) is 8.67. The molecule has 0 aliphatic heterocycles. The van der Waals surface area contributed by atoms with Crippen molar-refractivity contribution in [3.05, 3.63) is 59.8 Å². The van der Waals surface area contributed by atoms with Gasteiger partial charge in [0.2, 0.25) is 11.0 Å². The molecule has 2 heterocycles. The largest absolute Gasteiger partial charge is 0.356 e. The van der Waals surface area contributed by atoms with Crippen LogP contribution in [0.4, 0.5) is 5.13 Å². The predicted octanol–water partition coefficient (Wildman–Crippen LogP) is 4.65. The van der Waals surface area contributed by atoms with Crippen LogP contribution in [0.1, 0.15) is 31.0 Å². The quantitative estimate of drug-likeness (QED) is 0.547. The Bertz CT molecular complexity index is 1080. The normalized spacial score (nSPS) is 11.2. The lowest BCUT2D eigenvalue weighted by molar-refractivity contribution is -0.115. The number of nitrogens with zero attached hydrogens (tertiary/aromatic N) is 3. The van der Waals surface area contributed by atoms with E-state index in [1.54, 1.807) is 0 Å². The van der Waals surface area contributed by atoms with E-state index in [0.29, 0.717) is 22.3 Å². The van der Waals surface area contributed by atoms with Crippen molar-refractivity contribution in [2.75, 3.05) is 5.32 Å². The number of carbonyl (C=O) groups excluding carboxylic acids is 1. The van der Waals surface area contributed by atoms with E-state index in [9.17, 15) is 4.79 Å². The van der Waals surface area contributed by atoms with Gasteiger partial charge in [0, 0.05) is 10.9 Å². The summed E-state index contributed by atoms with van der Waals surface area (Å²) in [4.78, 5) is 12.3. The third-order valence-corrected chi connectivity index (χ3v) is 5.16. The van der Waals surface area contributed by atoms with Gasteiger partial charge in [0.05, 0.1) is 6.42 Å². The molecule has 0 saturated heterocycles. The molecule has 0 spiro atoms. The van der Waals surface area contributed by atoms with Crippen molar-refractivity contribution in [2.45, 2.75) is 26.2 Å². The first kappa shape index (κ1) is 17.4. The summed E-state index contributed by atoms with van der Waals surface area (Å²) in [6.45, 7) is 4.32. The van der Waals surface area contributed by atoms with E-state index >= 15 is 0 Å². The van der Waals surface area contributed by atoms with Crippen molar-refractivity contribution in [3.8, 4) is 10.6 Å². The number of aromatic nitrogens is 3. The molecule has 4 rings (SSSR count). The zero-order valence-corrected chi connectivity index (χ0v) is 15.8. The van der Waals surface area contributed by atoms with Gasteiger partial charge < -0.3 is 9.84 Å². The van der Waals surface area contributed by atoms with Crippen molar-refractivity contribution >= 4 is 33.3 Å². The zero-order valence-electron chi connectivity index (χ0n) is 15.0. The third kappa shape index (κ3) is 3.73. The molecule has 0 fully saturated rings. The molecule has 0 bridgehead atoms. The second kappa shape index (κ2) is 7.28. The second-order valence-corrected chi connectivity index (χ2v) is 7.52. The number of carbonyl (C=O) groups is 1. The van der Waals surface area contributed by atoms with E-state index in [0.717, 1.165) is 16.0 Å². The average Bonchev–Trinajstić information content (AvgIpc) is 3.29. The van der Waals surface area contributed by atoms with Gasteiger partial charge in [-0.2, -0.15) is 0 Å². The molecule has 0 atom stereocenters. The van der Waals surface area contributed by atoms with Crippen molar-refractivity contribution in [1.29, 1.82) is 0 Å². The van der Waals surface area contributed by atoms with Crippen LogP contribution in [0.2, 0.25) is 0 Å². The topological polar surface area (TPSA) is 80.9 Å². The van der Waals surface area contributed by atoms with Gasteiger partial charge in [-0.1, -0.05) is 66.7 Å². The minimum absolute atomic E-state index is 0.120. The highest BCUT2D eigenvalue weighted by molar-refractivity contribution is 7.18. The summed E-state index contributed by atoms with van der Waals surface area (Å²) >= 11 is 1.35. The van der Waals surface area contributed by atoms with Crippen LogP contribution in [-0.4, -0.2) is 21.3 Å². The number of benzene rings is 2. The number of para-hydroxylation sites is 1. The molecular formula is C20H18N4O2S. The number of fused-ring (bicyclic) bond motifs is 1. The molecule has 2 aromatic heterocycles. The molecule has 0 unspecified atom stereocenters. The van der Waals surface area contributed by atoms with Crippen molar-refractivity contribution in [2.24, 2.45) is 0 Å². The molecule has 0 aliphatic rings. The highest BCUT2D eigenvalue weighted by Gasteiger charge is 2.14. The van der Waals surface area contributed by atoms with Gasteiger partial charge in [-0.05, 0) is 23.6 Å². The first-order valence-corrected chi connectivity index (χ1v) is 9.49. The van der Waals surface area contributed by atoms with Crippen LogP contribution in [0, 0.1) is 0 Å². The summed E-state index contributed by atoms with van der Waals surface area (Å²) in [5.74, 6) is 0.280. The summed E-state index contributed by atoms with van der Waals surface area (Å²) < 4.78 is 5.23. The second-order valence-electron chi connectivity index (χ2n) is 6.54. The minimum atomic E-state index is -0.202. The summed E-state index contributed by atoms with van der Waals surface area (Å²) in [6.07, 6.45) is 0.120. The molecule has 4 aromatic rings. The van der Waals surface area contributed by atoms with Gasteiger partial charge in [-0.25, -0.2) is 0 Å². The fraction of sp³-hybridized carbons (Fsp3) is 0.200. The summed E-state index contributed by atoms with van der Waals surface area (Å²) in [5.41, 5.74) is 3.54. The maximum absolute atomic E-state index is 12.3. The Balaban J connectivity index is 1.45. The van der Waals surface area contributed by atoms with Gasteiger partial charge in [0.1, 0.15) is 10.7 Å². The predicted molar refractivity (Wildman–Crippen MR) is 106 cm³/mol. The lowest BCUT2D eigenvalue weighted by Gasteiger charge is -2.04. The van der Waals surface area contributed by atoms with Crippen LogP contribution >= 0.6 is 11.3 Å². The van der Waals surface area contributed by atoms with Crippen LogP contribution in [0.25, 0.3) is 21.5 Å². The monoisotopic (exact) mass is 378 g/mol. The molecule has 0 aliphatic carbocycles. The van der Waals surface area contributed by atoms with Crippen LogP contribution in [-0.2, 0) is 11.2 Å². The number of rotatable bonds is 5. The molecule has 136 valence electrons. The van der Waals surface area contributed by atoms with E-state index < -0.39 is 0 Å². The fourth-order valence-corrected chi connectivity index (χ4v) is 3.55. The smallest absolute Gasteiger partial charge is 0.232 e. The first-order chi connectivity index (χ1) is 13.1. The van der Waals surface area contributed by atoms with E-state index in [-0.39, 0.29) is 12.3 Å². The van der Waals surface area contributed by atoms with Gasteiger partial charge in [0.15, 0.2) is 5.58 Å². The van der Waals surface area contributed by atoms with Gasteiger partial charge in [-0.3, -0.25) is 4.79 Å². The lowest BCUT2D eigenvalue weighted by atomic mass is 10.0. The maximum Gasteiger partial charge on any atom is 0.232 e. The number of anilines is 1. The number of hydrogen-bond donors (Lipinski definition) is 1. The highest BCUT2D eigenvalue weighted by Crippen LogP contribution is 2.28. The molecule has 0 radical (unpaired) electrons. The van der Waals surface area contributed by atoms with Crippen molar-refractivity contribution < 1.29 is 9.32 Å². The number of nitrogens with one attached hydrogen (secondary N) is 1. The summed E-state index contributed by atoms with van der Waals surface area (Å²) in [7, 11) is 0. The molecule has 1 amide bonds. The van der Waals surface area contributed by atoms with Gasteiger partial charge in [0.25, 0.3) is 0 Å². The van der Waals surface area contributed by atoms with Crippen LogP contribution in [0.5, 0.6) is 0 Å². The van der Waals surface area contributed by atoms with Crippen LogP contribution in [0.15, 0.2) is 53.1 Å². The molecule has 1 N–H and O–H groups in total. The Hall–Kier alpha value is -3.06. The zero-order chi connectivity index (χ0) is 18.8. The molecule has 7 heteroatoms. The highest BCUT2D eigenvalue weighted by atomic mass is 32.1. The number of amides is 1. The van der Waals surface area contributed by atoms with Crippen LogP contribution < -0.4 is 5.32 Å². The summed E-state index contributed by atoms with van der Waals surface area (Å²) in [6, 6.07) is 15.7. The van der Waals surface area contributed by atoms with Gasteiger partial charge >= 0.3 is 0 Å². The SMILES string of the molecule is CC(C)c1ccc(-c2nnc(NC(=O)Cc3noc4ccccc34)s2)cc1. The van der Waals surface area contributed by atoms with E-state index in [1.807, 2.05) is 36.4 Å². The maximum atomic E-state index is 12.3. The van der Waals surface area contributed by atoms with Gasteiger partial charge in [-0.15, -0.1) is 10.2 Å². The summed E-state index contributed by atoms with van der Waals surface area (Å²) in [5, 5.41) is 17.1. The Morgan fingerprint density at radius 3 is 2.67 bits per heavy atom. The van der Waals surface area contributed by atoms with E-state index in [4.69, 9.17) is 4.52 Å². The molecule has 27 heavy (non-hydrogen) atoms.